The molecule has 0 aromatic carbocycles. The summed E-state index contributed by atoms with van der Waals surface area (Å²) >= 11 is 0. The Morgan fingerprint density at radius 3 is 2.72 bits per heavy atom. The molecule has 1 fully saturated rings. The van der Waals surface area contributed by atoms with Gasteiger partial charge in [-0.1, -0.05) is 19.8 Å². The zero-order valence-electron chi connectivity index (χ0n) is 11.4. The lowest BCUT2D eigenvalue weighted by atomic mass is 9.96. The molecule has 3 N–H and O–H groups in total. The first-order chi connectivity index (χ1) is 8.54. The molecule has 0 spiro atoms. The van der Waals surface area contributed by atoms with E-state index in [0.29, 0.717) is 0 Å². The molecule has 18 heavy (non-hydrogen) atoms. The van der Waals surface area contributed by atoms with Crippen LogP contribution in [-0.4, -0.2) is 36.0 Å². The van der Waals surface area contributed by atoms with Gasteiger partial charge in [0.05, 0.1) is 6.04 Å². The molecular formula is C13H25N3O2. The molecule has 1 rings (SSSR count). The van der Waals surface area contributed by atoms with E-state index in [1.807, 2.05) is 6.92 Å². The number of nitrogens with one attached hydrogen (secondary N) is 1. The van der Waals surface area contributed by atoms with Gasteiger partial charge in [0.15, 0.2) is 0 Å². The van der Waals surface area contributed by atoms with E-state index in [-0.39, 0.29) is 11.9 Å². The molecule has 3 amide bonds. The van der Waals surface area contributed by atoms with Gasteiger partial charge in [-0.25, -0.2) is 4.79 Å². The average Bonchev–Trinajstić information content (AvgIpc) is 2.53. The minimum Gasteiger partial charge on any atom is -0.351 e. The van der Waals surface area contributed by atoms with Crippen molar-refractivity contribution >= 4 is 11.9 Å². The van der Waals surface area contributed by atoms with Gasteiger partial charge in [-0.15, -0.1) is 0 Å². The first-order valence-electron chi connectivity index (χ1n) is 6.89. The summed E-state index contributed by atoms with van der Waals surface area (Å²) in [6, 6.07) is -1.05. The van der Waals surface area contributed by atoms with E-state index in [1.165, 1.54) is 19.3 Å². The molecule has 104 valence electrons. The van der Waals surface area contributed by atoms with E-state index in [0.717, 1.165) is 31.8 Å². The molecule has 0 aliphatic carbocycles. The van der Waals surface area contributed by atoms with E-state index >= 15 is 0 Å². The molecule has 0 saturated carbocycles. The summed E-state index contributed by atoms with van der Waals surface area (Å²) in [5, 5.41) is 2.15. The highest BCUT2D eigenvalue weighted by Crippen LogP contribution is 2.22. The van der Waals surface area contributed by atoms with Crippen LogP contribution < -0.4 is 11.1 Å². The highest BCUT2D eigenvalue weighted by atomic mass is 16.2. The van der Waals surface area contributed by atoms with Gasteiger partial charge in [-0.3, -0.25) is 15.0 Å². The number of amides is 3. The van der Waals surface area contributed by atoms with Crippen LogP contribution in [0.5, 0.6) is 0 Å². The smallest absolute Gasteiger partial charge is 0.318 e. The number of carbonyl (C=O) groups excluding carboxylic acids is 2. The summed E-state index contributed by atoms with van der Waals surface area (Å²) < 4.78 is 0. The van der Waals surface area contributed by atoms with Gasteiger partial charge in [0.2, 0.25) is 5.91 Å². The quantitative estimate of drug-likeness (QED) is 0.798. The number of hydrogen-bond donors (Lipinski definition) is 2. The number of imide groups is 1. The Morgan fingerprint density at radius 1 is 1.39 bits per heavy atom. The molecule has 2 atom stereocenters. The topological polar surface area (TPSA) is 75.4 Å². The van der Waals surface area contributed by atoms with Crippen LogP contribution in [-0.2, 0) is 4.79 Å². The molecule has 0 radical (unpaired) electrons. The maximum Gasteiger partial charge on any atom is 0.318 e. The van der Waals surface area contributed by atoms with Crippen LogP contribution in [0.3, 0.4) is 0 Å². The predicted octanol–water partition coefficient (Wildman–Crippen LogP) is 1.47. The largest absolute Gasteiger partial charge is 0.351 e. The summed E-state index contributed by atoms with van der Waals surface area (Å²) in [5.74, 6) is 0.489. The van der Waals surface area contributed by atoms with Gasteiger partial charge in [0, 0.05) is 0 Å². The second kappa shape index (κ2) is 7.36. The number of primary amides is 1. The fraction of sp³-hybridized carbons (Fsp3) is 0.846. The SMILES string of the molecule is CCCC1CCCN(C(C)C(=O)NC(N)=O)CC1. The average molecular weight is 255 g/mol. The summed E-state index contributed by atoms with van der Waals surface area (Å²) in [4.78, 5) is 24.5. The normalized spacial score (nSPS) is 23.1. The van der Waals surface area contributed by atoms with Crippen LogP contribution in [0.2, 0.25) is 0 Å². The van der Waals surface area contributed by atoms with Crippen LogP contribution in [0.4, 0.5) is 4.79 Å². The summed E-state index contributed by atoms with van der Waals surface area (Å²) in [5.41, 5.74) is 4.96. The van der Waals surface area contributed by atoms with Gasteiger partial charge < -0.3 is 5.73 Å². The lowest BCUT2D eigenvalue weighted by molar-refractivity contribution is -0.124. The molecule has 1 saturated heterocycles. The summed E-state index contributed by atoms with van der Waals surface area (Å²) in [7, 11) is 0. The van der Waals surface area contributed by atoms with E-state index in [4.69, 9.17) is 5.73 Å². The van der Waals surface area contributed by atoms with E-state index in [9.17, 15) is 9.59 Å². The third kappa shape index (κ3) is 4.64. The van der Waals surface area contributed by atoms with Crippen molar-refractivity contribution in [2.24, 2.45) is 11.7 Å². The van der Waals surface area contributed by atoms with Crippen LogP contribution in [0.15, 0.2) is 0 Å². The van der Waals surface area contributed by atoms with E-state index in [2.05, 4.69) is 17.1 Å². The van der Waals surface area contributed by atoms with Crippen LogP contribution in [0, 0.1) is 5.92 Å². The van der Waals surface area contributed by atoms with Gasteiger partial charge in [-0.05, 0) is 45.2 Å². The number of urea groups is 1. The van der Waals surface area contributed by atoms with Crippen molar-refractivity contribution in [1.29, 1.82) is 0 Å². The zero-order chi connectivity index (χ0) is 13.5. The van der Waals surface area contributed by atoms with Crippen molar-refractivity contribution in [3.63, 3.8) is 0 Å². The molecule has 0 aromatic rings. The molecule has 5 nitrogen and oxygen atoms in total. The van der Waals surface area contributed by atoms with Crippen molar-refractivity contribution in [2.45, 2.75) is 52.0 Å². The summed E-state index contributed by atoms with van der Waals surface area (Å²) in [6.07, 6.45) is 6.01. The van der Waals surface area contributed by atoms with Gasteiger partial charge in [0.25, 0.3) is 0 Å². The molecule has 5 heteroatoms. The number of hydrogen-bond acceptors (Lipinski definition) is 3. The Balaban J connectivity index is 2.46. The van der Waals surface area contributed by atoms with Crippen molar-refractivity contribution in [3.05, 3.63) is 0 Å². The first kappa shape index (κ1) is 15.0. The number of nitrogens with two attached hydrogens (primary N) is 1. The van der Waals surface area contributed by atoms with E-state index < -0.39 is 6.03 Å². The molecule has 1 aliphatic heterocycles. The predicted molar refractivity (Wildman–Crippen MR) is 71.0 cm³/mol. The Kier molecular flexibility index (Phi) is 6.12. The number of carbonyl (C=O) groups is 2. The first-order valence-corrected chi connectivity index (χ1v) is 6.89. The second-order valence-electron chi connectivity index (χ2n) is 5.15. The Morgan fingerprint density at radius 2 is 2.11 bits per heavy atom. The maximum atomic E-state index is 11.7. The van der Waals surface area contributed by atoms with Crippen molar-refractivity contribution in [1.82, 2.24) is 10.2 Å². The lowest BCUT2D eigenvalue weighted by Gasteiger charge is -2.26. The van der Waals surface area contributed by atoms with Crippen LogP contribution in [0.1, 0.15) is 46.0 Å². The standard InChI is InChI=1S/C13H25N3O2/c1-3-5-11-6-4-8-16(9-7-11)10(2)12(17)15-13(14)18/h10-11H,3-9H2,1-2H3,(H3,14,15,17,18). The molecule has 2 unspecified atom stereocenters. The fourth-order valence-corrected chi connectivity index (χ4v) is 2.66. The number of likely N-dealkylation sites (tertiary alicyclic amines) is 1. The molecule has 0 bridgehead atoms. The third-order valence-corrected chi connectivity index (χ3v) is 3.75. The van der Waals surface area contributed by atoms with Crippen molar-refractivity contribution in [3.8, 4) is 0 Å². The highest BCUT2D eigenvalue weighted by molar-refractivity contribution is 5.96. The molecule has 1 heterocycles. The van der Waals surface area contributed by atoms with Gasteiger partial charge in [-0.2, -0.15) is 0 Å². The summed E-state index contributed by atoms with van der Waals surface area (Å²) in [6.45, 7) is 5.90. The Bertz CT molecular complexity index is 294. The maximum absolute atomic E-state index is 11.7. The molecule has 1 aliphatic rings. The Hall–Kier alpha value is -1.10. The van der Waals surface area contributed by atoms with Gasteiger partial charge in [0.1, 0.15) is 0 Å². The molecular weight excluding hydrogens is 230 g/mol. The molecule has 0 aromatic heterocycles. The van der Waals surface area contributed by atoms with Crippen LogP contribution in [0.25, 0.3) is 0 Å². The fourth-order valence-electron chi connectivity index (χ4n) is 2.66. The van der Waals surface area contributed by atoms with Crippen molar-refractivity contribution < 1.29 is 9.59 Å². The highest BCUT2D eigenvalue weighted by Gasteiger charge is 2.25. The monoisotopic (exact) mass is 255 g/mol. The third-order valence-electron chi connectivity index (χ3n) is 3.75. The van der Waals surface area contributed by atoms with Crippen molar-refractivity contribution in [2.75, 3.05) is 13.1 Å². The van der Waals surface area contributed by atoms with Crippen LogP contribution >= 0.6 is 0 Å². The van der Waals surface area contributed by atoms with E-state index in [1.54, 1.807) is 0 Å². The lowest BCUT2D eigenvalue weighted by Crippen LogP contribution is -2.48. The minimum absolute atomic E-state index is 0.280. The number of rotatable bonds is 4. The zero-order valence-corrected chi connectivity index (χ0v) is 11.4. The number of nitrogens with zero attached hydrogens (tertiary/aromatic N) is 1. The minimum atomic E-state index is -0.773. The Labute approximate surface area is 109 Å². The van der Waals surface area contributed by atoms with Gasteiger partial charge >= 0.3 is 6.03 Å². The second-order valence-corrected chi connectivity index (χ2v) is 5.15.